The Morgan fingerprint density at radius 2 is 0.758 bits per heavy atom. The summed E-state index contributed by atoms with van der Waals surface area (Å²) in [5, 5.41) is 4.88. The predicted molar refractivity (Wildman–Crippen MR) is 259 cm³/mol. The highest BCUT2D eigenvalue weighted by Crippen LogP contribution is 2.53. The highest BCUT2D eigenvalue weighted by molar-refractivity contribution is 6.22. The smallest absolute Gasteiger partial charge is 0.0702 e. The van der Waals surface area contributed by atoms with E-state index in [1.165, 1.54) is 93.9 Å². The van der Waals surface area contributed by atoms with Crippen molar-refractivity contribution in [2.45, 2.75) is 38.5 Å². The van der Waals surface area contributed by atoms with Crippen molar-refractivity contribution in [1.82, 2.24) is 9.97 Å². The third kappa shape index (κ3) is 5.43. The van der Waals surface area contributed by atoms with Crippen LogP contribution in [0.15, 0.2) is 194 Å². The van der Waals surface area contributed by atoms with Gasteiger partial charge >= 0.3 is 0 Å². The first-order chi connectivity index (χ1) is 30.3. The number of pyridine rings is 2. The third-order valence-electron chi connectivity index (χ3n) is 14.0. The molecule has 8 aromatic carbocycles. The minimum Gasteiger partial charge on any atom is -0.256 e. The van der Waals surface area contributed by atoms with Gasteiger partial charge in [-0.15, -0.1) is 0 Å². The van der Waals surface area contributed by atoms with Gasteiger partial charge in [0.25, 0.3) is 0 Å². The van der Waals surface area contributed by atoms with Crippen molar-refractivity contribution in [3.63, 3.8) is 0 Å². The maximum absolute atomic E-state index is 4.82. The predicted octanol–water partition coefficient (Wildman–Crippen LogP) is 15.7. The van der Waals surface area contributed by atoms with Crippen LogP contribution in [0.5, 0.6) is 0 Å². The first kappa shape index (κ1) is 36.4. The van der Waals surface area contributed by atoms with E-state index in [1.54, 1.807) is 0 Å². The number of hydrogen-bond donors (Lipinski definition) is 0. The molecule has 0 fully saturated rings. The van der Waals surface area contributed by atoms with Gasteiger partial charge in [0.15, 0.2) is 0 Å². The van der Waals surface area contributed by atoms with Gasteiger partial charge in [-0.05, 0) is 160 Å². The van der Waals surface area contributed by atoms with Gasteiger partial charge in [-0.2, -0.15) is 0 Å². The Labute approximate surface area is 363 Å². The number of rotatable bonds is 5. The minimum atomic E-state index is -0.0915. The Morgan fingerprint density at radius 1 is 0.290 bits per heavy atom. The van der Waals surface area contributed by atoms with Crippen LogP contribution >= 0.6 is 0 Å². The molecule has 0 unspecified atom stereocenters. The zero-order valence-corrected chi connectivity index (χ0v) is 35.4. The largest absolute Gasteiger partial charge is 0.256 e. The molecular weight excluding hydrogens is 749 g/mol. The van der Waals surface area contributed by atoms with E-state index in [2.05, 4.69) is 198 Å². The van der Waals surface area contributed by atoms with Crippen LogP contribution in [0.4, 0.5) is 0 Å². The molecule has 62 heavy (non-hydrogen) atoms. The summed E-state index contributed by atoms with van der Waals surface area (Å²) >= 11 is 0. The quantitative estimate of drug-likeness (QED) is 0.162. The van der Waals surface area contributed by atoms with Crippen LogP contribution in [0.1, 0.15) is 49.9 Å². The molecule has 0 aliphatic heterocycles. The summed E-state index contributed by atoms with van der Waals surface area (Å²) in [6.07, 6.45) is 3.75. The van der Waals surface area contributed by atoms with Gasteiger partial charge in [-0.25, -0.2) is 0 Å². The molecule has 2 aliphatic carbocycles. The molecule has 0 bridgehead atoms. The highest BCUT2D eigenvalue weighted by Gasteiger charge is 2.37. The molecule has 0 atom stereocenters. The SMILES string of the molecule is CC1(C)c2ccccc2-c2cc(-c3c4ccccc4c(-c4cc(-c5ccccn5)cc(-c5ccccn5)c4)c4ccc(-c5ccc6c(c5)C(C)(C)c5ccccc5-6)cc34)ccc21. The lowest BCUT2D eigenvalue weighted by atomic mass is 9.80. The lowest BCUT2D eigenvalue weighted by Gasteiger charge is -2.23. The Hall–Kier alpha value is -7.42. The zero-order valence-electron chi connectivity index (χ0n) is 35.4. The third-order valence-corrected chi connectivity index (χ3v) is 14.0. The summed E-state index contributed by atoms with van der Waals surface area (Å²) in [6.45, 7) is 9.45. The maximum Gasteiger partial charge on any atom is 0.0702 e. The molecule has 0 radical (unpaired) electrons. The van der Waals surface area contributed by atoms with Crippen LogP contribution in [-0.2, 0) is 10.8 Å². The second-order valence-electron chi connectivity index (χ2n) is 18.1. The second kappa shape index (κ2) is 13.5. The molecule has 0 amide bonds. The van der Waals surface area contributed by atoms with Crippen molar-refractivity contribution in [1.29, 1.82) is 0 Å². The van der Waals surface area contributed by atoms with Gasteiger partial charge in [-0.3, -0.25) is 9.97 Å². The van der Waals surface area contributed by atoms with E-state index in [-0.39, 0.29) is 10.8 Å². The number of hydrogen-bond acceptors (Lipinski definition) is 2. The van der Waals surface area contributed by atoms with E-state index < -0.39 is 0 Å². The monoisotopic (exact) mass is 792 g/mol. The Balaban J connectivity index is 1.15. The molecular formula is C60H44N2. The van der Waals surface area contributed by atoms with Crippen LogP contribution in [0.2, 0.25) is 0 Å². The molecule has 2 aromatic heterocycles. The number of nitrogens with zero attached hydrogens (tertiary/aromatic N) is 2. The Kier molecular flexibility index (Phi) is 7.96. The summed E-state index contributed by atoms with van der Waals surface area (Å²) in [5.74, 6) is 0. The lowest BCUT2D eigenvalue weighted by molar-refractivity contribution is 0.660. The molecule has 10 aromatic rings. The van der Waals surface area contributed by atoms with E-state index in [9.17, 15) is 0 Å². The molecule has 12 rings (SSSR count). The number of fused-ring (bicyclic) bond motifs is 8. The second-order valence-corrected chi connectivity index (χ2v) is 18.1. The Bertz CT molecular complexity index is 3390. The van der Waals surface area contributed by atoms with Gasteiger partial charge in [0, 0.05) is 34.4 Å². The molecule has 2 aliphatic rings. The van der Waals surface area contributed by atoms with Gasteiger partial charge in [0.05, 0.1) is 11.4 Å². The molecule has 294 valence electrons. The van der Waals surface area contributed by atoms with Gasteiger partial charge in [0.2, 0.25) is 0 Å². The van der Waals surface area contributed by atoms with Crippen LogP contribution < -0.4 is 0 Å². The van der Waals surface area contributed by atoms with E-state index >= 15 is 0 Å². The van der Waals surface area contributed by atoms with Crippen LogP contribution in [0.3, 0.4) is 0 Å². The molecule has 0 spiro atoms. The maximum atomic E-state index is 4.82. The van der Waals surface area contributed by atoms with Crippen LogP contribution in [-0.4, -0.2) is 9.97 Å². The van der Waals surface area contributed by atoms with Crippen molar-refractivity contribution in [2.24, 2.45) is 0 Å². The summed E-state index contributed by atoms with van der Waals surface area (Å²) in [7, 11) is 0. The summed E-state index contributed by atoms with van der Waals surface area (Å²) in [5.41, 5.74) is 21.9. The molecule has 0 N–H and O–H groups in total. The fraction of sp³-hybridized carbons (Fsp3) is 0.100. The number of aromatic nitrogens is 2. The average Bonchev–Trinajstić information content (AvgIpc) is 3.69. The molecule has 2 nitrogen and oxygen atoms in total. The van der Waals surface area contributed by atoms with E-state index in [1.807, 2.05) is 24.5 Å². The summed E-state index contributed by atoms with van der Waals surface area (Å²) in [6, 6.07) is 67.5. The standard InChI is InChI=1S/C60H44N2/c1-59(2)52-20-10-8-16-44(52)49-35-39(25-28-53(49)59)57-46-17-5-6-18-47(46)58(42-32-40(55-21-11-13-29-61-55)31-41(33-42)56-22-12-14-30-62-56)48-27-24-37(34-50(48)57)38-23-26-45-43-15-7-9-19-51(43)60(3,4)54(45)36-38/h5-36H,1-4H3. The number of benzene rings is 8. The molecule has 2 heterocycles. The highest BCUT2D eigenvalue weighted by atomic mass is 14.7. The summed E-state index contributed by atoms with van der Waals surface area (Å²) in [4.78, 5) is 9.65. The first-order valence-electron chi connectivity index (χ1n) is 21.7. The van der Waals surface area contributed by atoms with Crippen LogP contribution in [0.25, 0.3) is 99.7 Å². The Morgan fingerprint density at radius 3 is 1.40 bits per heavy atom. The normalized spacial score (nSPS) is 14.1. The topological polar surface area (TPSA) is 25.8 Å². The molecule has 2 heteroatoms. The average molecular weight is 793 g/mol. The fourth-order valence-corrected chi connectivity index (χ4v) is 10.9. The van der Waals surface area contributed by atoms with Crippen molar-refractivity contribution in [2.75, 3.05) is 0 Å². The van der Waals surface area contributed by atoms with Crippen LogP contribution in [0, 0.1) is 0 Å². The van der Waals surface area contributed by atoms with Crippen molar-refractivity contribution >= 4 is 21.5 Å². The van der Waals surface area contributed by atoms with Gasteiger partial charge in [0.1, 0.15) is 0 Å². The summed E-state index contributed by atoms with van der Waals surface area (Å²) < 4.78 is 0. The fourth-order valence-electron chi connectivity index (χ4n) is 10.9. The minimum absolute atomic E-state index is 0.0728. The lowest BCUT2D eigenvalue weighted by Crippen LogP contribution is -2.14. The molecule has 0 saturated heterocycles. The van der Waals surface area contributed by atoms with E-state index in [4.69, 9.17) is 9.97 Å². The van der Waals surface area contributed by atoms with Gasteiger partial charge < -0.3 is 0 Å². The zero-order chi connectivity index (χ0) is 41.7. The van der Waals surface area contributed by atoms with Gasteiger partial charge in [-0.1, -0.05) is 149 Å². The molecule has 0 saturated carbocycles. The van der Waals surface area contributed by atoms with E-state index in [0.29, 0.717) is 0 Å². The van der Waals surface area contributed by atoms with Crippen molar-refractivity contribution in [3.8, 4) is 78.1 Å². The van der Waals surface area contributed by atoms with Crippen molar-refractivity contribution in [3.05, 3.63) is 217 Å². The first-order valence-corrected chi connectivity index (χ1v) is 21.7. The van der Waals surface area contributed by atoms with E-state index in [0.717, 1.165) is 28.1 Å². The van der Waals surface area contributed by atoms with Crippen molar-refractivity contribution < 1.29 is 0 Å².